The van der Waals surface area contributed by atoms with Gasteiger partial charge < -0.3 is 5.73 Å². The molecule has 0 fully saturated rings. The van der Waals surface area contributed by atoms with Crippen molar-refractivity contribution in [2.45, 2.75) is 12.6 Å². The van der Waals surface area contributed by atoms with Gasteiger partial charge in [-0.3, -0.25) is 9.88 Å². The first kappa shape index (κ1) is 14.2. The standard InChI is InChI=1S/C15H18BrN3/c1-19(11-12-5-4-8-18-10-12)15(9-17)13-6-2-3-7-14(13)16/h2-8,10,15H,9,11,17H2,1H3. The Hall–Kier alpha value is -1.23. The van der Waals surface area contributed by atoms with E-state index in [0.29, 0.717) is 6.54 Å². The van der Waals surface area contributed by atoms with Crippen LogP contribution in [0.5, 0.6) is 0 Å². The molecule has 1 heterocycles. The average molecular weight is 320 g/mol. The molecule has 2 aromatic rings. The second-order valence-electron chi connectivity index (χ2n) is 4.55. The topological polar surface area (TPSA) is 42.2 Å². The van der Waals surface area contributed by atoms with Gasteiger partial charge in [0, 0.05) is 36.0 Å². The molecule has 4 heteroatoms. The molecule has 0 bridgehead atoms. The predicted octanol–water partition coefficient (Wildman–Crippen LogP) is 2.98. The molecular weight excluding hydrogens is 302 g/mol. The predicted molar refractivity (Wildman–Crippen MR) is 81.6 cm³/mol. The van der Waals surface area contributed by atoms with Crippen LogP contribution in [0.4, 0.5) is 0 Å². The zero-order valence-electron chi connectivity index (χ0n) is 11.0. The summed E-state index contributed by atoms with van der Waals surface area (Å²) in [5, 5.41) is 0. The number of halogens is 1. The highest BCUT2D eigenvalue weighted by atomic mass is 79.9. The summed E-state index contributed by atoms with van der Waals surface area (Å²) < 4.78 is 1.10. The van der Waals surface area contributed by atoms with E-state index in [1.165, 1.54) is 11.1 Å². The van der Waals surface area contributed by atoms with Crippen molar-refractivity contribution in [3.05, 3.63) is 64.4 Å². The van der Waals surface area contributed by atoms with Crippen LogP contribution in [0.3, 0.4) is 0 Å². The van der Waals surface area contributed by atoms with Gasteiger partial charge in [0.15, 0.2) is 0 Å². The molecule has 19 heavy (non-hydrogen) atoms. The summed E-state index contributed by atoms with van der Waals surface area (Å²) in [5.41, 5.74) is 8.36. The maximum absolute atomic E-state index is 5.95. The third kappa shape index (κ3) is 3.62. The number of likely N-dealkylation sites (N-methyl/N-ethyl adjacent to an activating group) is 1. The second-order valence-corrected chi connectivity index (χ2v) is 5.40. The molecule has 1 aromatic heterocycles. The highest BCUT2D eigenvalue weighted by molar-refractivity contribution is 9.10. The zero-order chi connectivity index (χ0) is 13.7. The first-order valence-electron chi connectivity index (χ1n) is 6.26. The Bertz CT molecular complexity index is 516. The number of rotatable bonds is 5. The Morgan fingerprint density at radius 1 is 1.26 bits per heavy atom. The SMILES string of the molecule is CN(Cc1cccnc1)C(CN)c1ccccc1Br. The summed E-state index contributed by atoms with van der Waals surface area (Å²) in [4.78, 5) is 6.39. The van der Waals surface area contributed by atoms with Gasteiger partial charge in [-0.15, -0.1) is 0 Å². The summed E-state index contributed by atoms with van der Waals surface area (Å²) in [6, 6.07) is 12.5. The van der Waals surface area contributed by atoms with Crippen LogP contribution >= 0.6 is 15.9 Å². The minimum absolute atomic E-state index is 0.191. The third-order valence-corrected chi connectivity index (χ3v) is 3.90. The monoisotopic (exact) mass is 319 g/mol. The van der Waals surface area contributed by atoms with Gasteiger partial charge in [0.25, 0.3) is 0 Å². The number of hydrogen-bond acceptors (Lipinski definition) is 3. The molecule has 0 saturated heterocycles. The molecule has 0 aliphatic rings. The molecule has 0 aliphatic carbocycles. The summed E-state index contributed by atoms with van der Waals surface area (Å²) in [6.07, 6.45) is 3.68. The van der Waals surface area contributed by atoms with Gasteiger partial charge in [0.1, 0.15) is 0 Å². The van der Waals surface area contributed by atoms with Crippen LogP contribution < -0.4 is 5.73 Å². The van der Waals surface area contributed by atoms with Crippen molar-refractivity contribution < 1.29 is 0 Å². The Morgan fingerprint density at radius 2 is 2.05 bits per heavy atom. The molecule has 0 spiro atoms. The highest BCUT2D eigenvalue weighted by Crippen LogP contribution is 2.27. The number of nitrogens with zero attached hydrogens (tertiary/aromatic N) is 2. The molecule has 0 amide bonds. The Labute approximate surface area is 122 Å². The van der Waals surface area contributed by atoms with Crippen LogP contribution in [0, 0.1) is 0 Å². The highest BCUT2D eigenvalue weighted by Gasteiger charge is 2.17. The van der Waals surface area contributed by atoms with Gasteiger partial charge >= 0.3 is 0 Å². The van der Waals surface area contributed by atoms with Crippen molar-refractivity contribution in [2.75, 3.05) is 13.6 Å². The first-order valence-corrected chi connectivity index (χ1v) is 7.05. The number of nitrogens with two attached hydrogens (primary N) is 1. The van der Waals surface area contributed by atoms with E-state index in [1.54, 1.807) is 6.20 Å². The van der Waals surface area contributed by atoms with Crippen LogP contribution in [0.1, 0.15) is 17.2 Å². The number of pyridine rings is 1. The van der Waals surface area contributed by atoms with Gasteiger partial charge in [0.2, 0.25) is 0 Å². The van der Waals surface area contributed by atoms with E-state index < -0.39 is 0 Å². The molecule has 2 rings (SSSR count). The van der Waals surface area contributed by atoms with Gasteiger partial charge in [-0.2, -0.15) is 0 Å². The van der Waals surface area contributed by atoms with Gasteiger partial charge in [-0.25, -0.2) is 0 Å². The van der Waals surface area contributed by atoms with E-state index >= 15 is 0 Å². The molecule has 2 N–H and O–H groups in total. The van der Waals surface area contributed by atoms with Crippen LogP contribution in [-0.4, -0.2) is 23.5 Å². The van der Waals surface area contributed by atoms with Crippen molar-refractivity contribution in [3.63, 3.8) is 0 Å². The molecular formula is C15H18BrN3. The fourth-order valence-corrected chi connectivity index (χ4v) is 2.73. The first-order chi connectivity index (χ1) is 9.22. The summed E-state index contributed by atoms with van der Waals surface area (Å²) in [6.45, 7) is 1.41. The van der Waals surface area contributed by atoms with Crippen LogP contribution in [0.25, 0.3) is 0 Å². The lowest BCUT2D eigenvalue weighted by Crippen LogP contribution is -2.30. The maximum Gasteiger partial charge on any atom is 0.0482 e. The lowest BCUT2D eigenvalue weighted by molar-refractivity contribution is 0.241. The smallest absolute Gasteiger partial charge is 0.0482 e. The molecule has 100 valence electrons. The molecule has 3 nitrogen and oxygen atoms in total. The fraction of sp³-hybridized carbons (Fsp3) is 0.267. The average Bonchev–Trinajstić information content (AvgIpc) is 2.43. The van der Waals surface area contributed by atoms with E-state index in [0.717, 1.165) is 11.0 Å². The fourth-order valence-electron chi connectivity index (χ4n) is 2.18. The molecule has 1 unspecified atom stereocenters. The van der Waals surface area contributed by atoms with Crippen molar-refractivity contribution in [2.24, 2.45) is 5.73 Å². The van der Waals surface area contributed by atoms with E-state index in [4.69, 9.17) is 5.73 Å². The van der Waals surface area contributed by atoms with Crippen LogP contribution in [0.2, 0.25) is 0 Å². The minimum Gasteiger partial charge on any atom is -0.329 e. The third-order valence-electron chi connectivity index (χ3n) is 3.17. The summed E-state index contributed by atoms with van der Waals surface area (Å²) in [7, 11) is 2.09. The zero-order valence-corrected chi connectivity index (χ0v) is 12.5. The molecule has 0 aliphatic heterocycles. The van der Waals surface area contributed by atoms with Crippen molar-refractivity contribution in [1.82, 2.24) is 9.88 Å². The molecule has 0 radical (unpaired) electrons. The molecule has 1 atom stereocenters. The lowest BCUT2D eigenvalue weighted by Gasteiger charge is -2.28. The van der Waals surface area contributed by atoms with Crippen molar-refractivity contribution in [3.8, 4) is 0 Å². The maximum atomic E-state index is 5.95. The lowest BCUT2D eigenvalue weighted by atomic mass is 10.1. The summed E-state index contributed by atoms with van der Waals surface area (Å²) in [5.74, 6) is 0. The van der Waals surface area contributed by atoms with E-state index in [-0.39, 0.29) is 6.04 Å². The van der Waals surface area contributed by atoms with Gasteiger partial charge in [-0.1, -0.05) is 40.2 Å². The minimum atomic E-state index is 0.191. The number of hydrogen-bond donors (Lipinski definition) is 1. The molecule has 0 saturated carbocycles. The van der Waals surface area contributed by atoms with Crippen LogP contribution in [0.15, 0.2) is 53.3 Å². The quantitative estimate of drug-likeness (QED) is 0.921. The second kappa shape index (κ2) is 6.80. The Balaban J connectivity index is 2.16. The molecule has 1 aromatic carbocycles. The number of benzene rings is 1. The normalized spacial score (nSPS) is 12.6. The largest absolute Gasteiger partial charge is 0.329 e. The van der Waals surface area contributed by atoms with E-state index in [2.05, 4.69) is 51.1 Å². The summed E-state index contributed by atoms with van der Waals surface area (Å²) >= 11 is 3.60. The Kier molecular flexibility index (Phi) is 5.07. The Morgan fingerprint density at radius 3 is 2.68 bits per heavy atom. The van der Waals surface area contributed by atoms with Gasteiger partial charge in [-0.05, 0) is 30.3 Å². The van der Waals surface area contributed by atoms with E-state index in [9.17, 15) is 0 Å². The number of aromatic nitrogens is 1. The van der Waals surface area contributed by atoms with Gasteiger partial charge in [0.05, 0.1) is 0 Å². The van der Waals surface area contributed by atoms with Crippen molar-refractivity contribution in [1.29, 1.82) is 0 Å². The van der Waals surface area contributed by atoms with Crippen LogP contribution in [-0.2, 0) is 6.54 Å². The van der Waals surface area contributed by atoms with E-state index in [1.807, 2.05) is 24.4 Å². The van der Waals surface area contributed by atoms with Crippen molar-refractivity contribution >= 4 is 15.9 Å².